The van der Waals surface area contributed by atoms with E-state index in [1.54, 1.807) is 18.2 Å². The number of anilines is 1. The van der Waals surface area contributed by atoms with Gasteiger partial charge < -0.3 is 5.32 Å². The third-order valence-corrected chi connectivity index (χ3v) is 4.02. The van der Waals surface area contributed by atoms with Crippen LogP contribution in [0, 0.1) is 5.82 Å². The van der Waals surface area contributed by atoms with Gasteiger partial charge in [0.2, 0.25) is 11.8 Å². The van der Waals surface area contributed by atoms with Crippen LogP contribution >= 0.6 is 0 Å². The molecule has 2 aromatic rings. The van der Waals surface area contributed by atoms with Crippen LogP contribution in [0.15, 0.2) is 53.6 Å². The molecule has 5 nitrogen and oxygen atoms in total. The van der Waals surface area contributed by atoms with Crippen molar-refractivity contribution in [3.8, 4) is 0 Å². The van der Waals surface area contributed by atoms with Gasteiger partial charge in [0.25, 0.3) is 0 Å². The molecule has 2 amide bonds. The fraction of sp³-hybridized carbons (Fsp3) is 0.211. The molecule has 128 valence electrons. The lowest BCUT2D eigenvalue weighted by atomic mass is 9.97. The minimum absolute atomic E-state index is 0.184. The first-order chi connectivity index (χ1) is 12.0. The molecule has 0 saturated carbocycles. The second-order valence-corrected chi connectivity index (χ2v) is 5.91. The quantitative estimate of drug-likeness (QED) is 0.930. The molecule has 1 aliphatic heterocycles. The van der Waals surface area contributed by atoms with Gasteiger partial charge in [-0.2, -0.15) is 5.10 Å². The number of hydrogen-bond donors (Lipinski definition) is 1. The molecule has 1 N–H and O–H groups in total. The van der Waals surface area contributed by atoms with Gasteiger partial charge in [-0.15, -0.1) is 0 Å². The number of nitrogens with one attached hydrogen (secondary N) is 1. The summed E-state index contributed by atoms with van der Waals surface area (Å²) in [7, 11) is 0. The van der Waals surface area contributed by atoms with E-state index in [2.05, 4.69) is 10.4 Å². The normalized spacial score (nSPS) is 16.5. The molecular formula is C19H18FN3O2. The van der Waals surface area contributed by atoms with E-state index in [1.807, 2.05) is 18.2 Å². The van der Waals surface area contributed by atoms with Crippen LogP contribution in [0.25, 0.3) is 0 Å². The predicted octanol–water partition coefficient (Wildman–Crippen LogP) is 3.48. The van der Waals surface area contributed by atoms with E-state index in [0.717, 1.165) is 5.56 Å². The molecule has 1 heterocycles. The van der Waals surface area contributed by atoms with Crippen molar-refractivity contribution < 1.29 is 14.0 Å². The number of carbonyl (C=O) groups is 2. The van der Waals surface area contributed by atoms with Gasteiger partial charge in [-0.3, -0.25) is 9.59 Å². The topological polar surface area (TPSA) is 61.8 Å². The number of carbonyl (C=O) groups excluding carboxylic acids is 2. The van der Waals surface area contributed by atoms with Crippen LogP contribution in [0.1, 0.15) is 37.4 Å². The summed E-state index contributed by atoms with van der Waals surface area (Å²) >= 11 is 0. The Bertz CT molecular complexity index is 863. The molecule has 0 aliphatic carbocycles. The highest BCUT2D eigenvalue weighted by Crippen LogP contribution is 2.34. The molecule has 2 aromatic carbocycles. The van der Waals surface area contributed by atoms with Crippen molar-refractivity contribution in [1.82, 2.24) is 5.01 Å². The fourth-order valence-corrected chi connectivity index (χ4v) is 2.97. The van der Waals surface area contributed by atoms with E-state index in [1.165, 1.54) is 31.0 Å². The maximum atomic E-state index is 13.6. The largest absolute Gasteiger partial charge is 0.326 e. The zero-order valence-electron chi connectivity index (χ0n) is 14.0. The van der Waals surface area contributed by atoms with Crippen molar-refractivity contribution in [1.29, 1.82) is 0 Å². The Balaban J connectivity index is 1.98. The number of benzene rings is 2. The van der Waals surface area contributed by atoms with Crippen molar-refractivity contribution in [3.05, 3.63) is 65.5 Å². The molecule has 0 bridgehead atoms. The molecule has 0 aromatic heterocycles. The molecule has 3 rings (SSSR count). The zero-order chi connectivity index (χ0) is 18.0. The van der Waals surface area contributed by atoms with Gasteiger partial charge in [-0.05, 0) is 23.8 Å². The van der Waals surface area contributed by atoms with Gasteiger partial charge in [0, 0.05) is 31.5 Å². The van der Waals surface area contributed by atoms with Crippen LogP contribution in [-0.4, -0.2) is 22.5 Å². The van der Waals surface area contributed by atoms with E-state index in [-0.39, 0.29) is 23.7 Å². The van der Waals surface area contributed by atoms with Crippen LogP contribution in [0.2, 0.25) is 0 Å². The molecule has 1 aliphatic rings. The number of hydrogen-bond acceptors (Lipinski definition) is 3. The van der Waals surface area contributed by atoms with Crippen molar-refractivity contribution in [2.75, 3.05) is 5.32 Å². The number of halogens is 1. The molecule has 0 radical (unpaired) electrons. The number of hydrazone groups is 1. The molecule has 0 saturated heterocycles. The highest BCUT2D eigenvalue weighted by Gasteiger charge is 2.32. The van der Waals surface area contributed by atoms with Gasteiger partial charge in [0.05, 0.1) is 11.8 Å². The second kappa shape index (κ2) is 6.84. The standard InChI is InChI=1S/C19H18FN3O2/c1-12(24)21-17-9-4-3-8-16(17)18-11-19(23(22-18)13(2)25)14-6-5-7-15(20)10-14/h3-10,19H,11H2,1-2H3,(H,21,24). The van der Waals surface area contributed by atoms with Crippen molar-refractivity contribution in [2.45, 2.75) is 26.3 Å². The van der Waals surface area contributed by atoms with Crippen LogP contribution < -0.4 is 5.32 Å². The first-order valence-corrected chi connectivity index (χ1v) is 7.95. The lowest BCUT2D eigenvalue weighted by Gasteiger charge is -2.20. The van der Waals surface area contributed by atoms with Gasteiger partial charge in [0.15, 0.2) is 0 Å². The maximum absolute atomic E-state index is 13.6. The first kappa shape index (κ1) is 16.8. The summed E-state index contributed by atoms with van der Waals surface area (Å²) in [6.45, 7) is 2.86. The number of nitrogens with zero attached hydrogens (tertiary/aromatic N) is 2. The Kier molecular flexibility index (Phi) is 4.61. The summed E-state index contributed by atoms with van der Waals surface area (Å²) < 4.78 is 13.6. The summed E-state index contributed by atoms with van der Waals surface area (Å²) in [5.74, 6) is -0.759. The first-order valence-electron chi connectivity index (χ1n) is 7.95. The van der Waals surface area contributed by atoms with Gasteiger partial charge >= 0.3 is 0 Å². The van der Waals surface area contributed by atoms with E-state index >= 15 is 0 Å². The summed E-state index contributed by atoms with van der Waals surface area (Å²) in [6.07, 6.45) is 0.444. The molecular weight excluding hydrogens is 321 g/mol. The lowest BCUT2D eigenvalue weighted by Crippen LogP contribution is -2.24. The smallest absolute Gasteiger partial charge is 0.240 e. The van der Waals surface area contributed by atoms with E-state index < -0.39 is 0 Å². The predicted molar refractivity (Wildman–Crippen MR) is 93.6 cm³/mol. The van der Waals surface area contributed by atoms with Crippen LogP contribution in [0.4, 0.5) is 10.1 Å². The SMILES string of the molecule is CC(=O)Nc1ccccc1C1=NN(C(C)=O)C(c2cccc(F)c2)C1. The summed E-state index contributed by atoms with van der Waals surface area (Å²) in [5.41, 5.74) is 2.75. The average Bonchev–Trinajstić information content (AvgIpc) is 3.00. The maximum Gasteiger partial charge on any atom is 0.240 e. The van der Waals surface area contributed by atoms with Gasteiger partial charge in [-0.25, -0.2) is 9.40 Å². The highest BCUT2D eigenvalue weighted by atomic mass is 19.1. The van der Waals surface area contributed by atoms with E-state index in [9.17, 15) is 14.0 Å². The van der Waals surface area contributed by atoms with Crippen molar-refractivity contribution in [3.63, 3.8) is 0 Å². The van der Waals surface area contributed by atoms with Gasteiger partial charge in [0.1, 0.15) is 5.82 Å². The lowest BCUT2D eigenvalue weighted by molar-refractivity contribution is -0.130. The van der Waals surface area contributed by atoms with E-state index in [0.29, 0.717) is 23.4 Å². The molecule has 0 fully saturated rings. The Labute approximate surface area is 145 Å². The highest BCUT2D eigenvalue weighted by molar-refractivity contribution is 6.09. The Morgan fingerprint density at radius 2 is 1.92 bits per heavy atom. The third kappa shape index (κ3) is 3.57. The minimum atomic E-state index is -0.367. The molecule has 1 unspecified atom stereocenters. The van der Waals surface area contributed by atoms with Crippen LogP contribution in [0.5, 0.6) is 0 Å². The third-order valence-electron chi connectivity index (χ3n) is 4.02. The number of amides is 2. The Morgan fingerprint density at radius 3 is 2.60 bits per heavy atom. The van der Waals surface area contributed by atoms with Crippen LogP contribution in [0.3, 0.4) is 0 Å². The van der Waals surface area contributed by atoms with Crippen LogP contribution in [-0.2, 0) is 9.59 Å². The summed E-state index contributed by atoms with van der Waals surface area (Å²) in [4.78, 5) is 23.4. The monoisotopic (exact) mass is 339 g/mol. The summed E-state index contributed by atoms with van der Waals surface area (Å²) in [5, 5.41) is 8.58. The minimum Gasteiger partial charge on any atom is -0.326 e. The molecule has 1 atom stereocenters. The second-order valence-electron chi connectivity index (χ2n) is 5.91. The van der Waals surface area contributed by atoms with E-state index in [4.69, 9.17) is 0 Å². The fourth-order valence-electron chi connectivity index (χ4n) is 2.97. The molecule has 0 spiro atoms. The molecule has 6 heteroatoms. The van der Waals surface area contributed by atoms with Crippen molar-refractivity contribution >= 4 is 23.2 Å². The van der Waals surface area contributed by atoms with Crippen molar-refractivity contribution in [2.24, 2.45) is 5.10 Å². The average molecular weight is 339 g/mol. The number of para-hydroxylation sites is 1. The number of rotatable bonds is 3. The Hall–Kier alpha value is -3.02. The summed E-state index contributed by atoms with van der Waals surface area (Å²) in [6, 6.07) is 13.1. The molecule has 25 heavy (non-hydrogen) atoms. The van der Waals surface area contributed by atoms with Gasteiger partial charge in [-0.1, -0.05) is 30.3 Å². The zero-order valence-corrected chi connectivity index (χ0v) is 14.0. The Morgan fingerprint density at radius 1 is 1.16 bits per heavy atom.